The number of likely N-dealkylation sites (N-methyl/N-ethyl adjacent to an activating group) is 1. The summed E-state index contributed by atoms with van der Waals surface area (Å²) in [5, 5.41) is 14.9. The Morgan fingerprint density at radius 2 is 1.40 bits per heavy atom. The van der Waals surface area contributed by atoms with Gasteiger partial charge in [-0.05, 0) is 111 Å². The molecular formula is C61H56Cl3N9O7S. The molecule has 0 bridgehead atoms. The average molecular weight is 1170 g/mol. The number of piperidine rings is 2. The van der Waals surface area contributed by atoms with Crippen molar-refractivity contribution < 1.29 is 32.7 Å². The number of carbonyl (C=O) groups excluding carboxylic acids is 2. The first-order valence-corrected chi connectivity index (χ1v) is 29.5. The largest absolute Gasteiger partial charge is 0.481 e. The summed E-state index contributed by atoms with van der Waals surface area (Å²) < 4.78 is 31.0. The van der Waals surface area contributed by atoms with Crippen molar-refractivity contribution in [3.63, 3.8) is 0 Å². The molecule has 0 saturated carbocycles. The van der Waals surface area contributed by atoms with Crippen molar-refractivity contribution in [2.45, 2.75) is 88.7 Å². The molecule has 2 N–H and O–H groups in total. The predicted octanol–water partition coefficient (Wildman–Crippen LogP) is 11.7. The van der Waals surface area contributed by atoms with Crippen LogP contribution in [0.3, 0.4) is 0 Å². The van der Waals surface area contributed by atoms with Gasteiger partial charge in [0.25, 0.3) is 11.8 Å². The van der Waals surface area contributed by atoms with Crippen LogP contribution in [0.1, 0.15) is 71.9 Å². The van der Waals surface area contributed by atoms with Crippen LogP contribution in [0.5, 0.6) is 17.2 Å². The molecule has 81 heavy (non-hydrogen) atoms. The highest BCUT2D eigenvalue weighted by atomic mass is 35.5. The second kappa shape index (κ2) is 23.0. The molecule has 414 valence electrons. The summed E-state index contributed by atoms with van der Waals surface area (Å²) in [6, 6.07) is 21.5. The van der Waals surface area contributed by atoms with Gasteiger partial charge in [-0.2, -0.15) is 0 Å². The Hall–Kier alpha value is -7.12. The minimum absolute atomic E-state index is 0.0544. The van der Waals surface area contributed by atoms with Gasteiger partial charge in [-0.25, -0.2) is 9.97 Å². The number of furan rings is 1. The number of nitrogens with zero attached hydrogens (tertiary/aromatic N) is 7. The molecule has 2 amide bonds. The molecule has 16 nitrogen and oxygen atoms in total. The number of hydrogen-bond acceptors (Lipinski definition) is 15. The number of likely N-dealkylation sites (tertiary alicyclic amines) is 2. The van der Waals surface area contributed by atoms with E-state index in [9.17, 15) is 9.59 Å². The molecule has 0 spiro atoms. The van der Waals surface area contributed by atoms with Gasteiger partial charge < -0.3 is 43.6 Å². The van der Waals surface area contributed by atoms with Crippen molar-refractivity contribution >= 4 is 79.3 Å². The predicted molar refractivity (Wildman–Crippen MR) is 311 cm³/mol. The summed E-state index contributed by atoms with van der Waals surface area (Å²) >= 11 is 20.8. The topological polar surface area (TPSA) is 183 Å². The van der Waals surface area contributed by atoms with Gasteiger partial charge in [0.15, 0.2) is 29.7 Å². The third-order valence-corrected chi connectivity index (χ3v) is 17.5. The van der Waals surface area contributed by atoms with Crippen LogP contribution >= 0.6 is 46.1 Å². The Labute approximate surface area is 486 Å². The molecule has 3 unspecified atom stereocenters. The summed E-state index contributed by atoms with van der Waals surface area (Å²) in [6.07, 6.45) is 15.4. The molecule has 4 atom stereocenters. The van der Waals surface area contributed by atoms with Gasteiger partial charge in [-0.15, -0.1) is 11.3 Å². The van der Waals surface area contributed by atoms with E-state index in [0.717, 1.165) is 161 Å². The first-order chi connectivity index (χ1) is 39.6. The van der Waals surface area contributed by atoms with E-state index >= 15 is 0 Å². The molecule has 20 heteroatoms. The number of hydrogen-bond donors (Lipinski definition) is 2. The molecule has 6 aliphatic rings. The maximum absolute atomic E-state index is 13.2. The number of fused-ring (bicyclic) bond motifs is 6. The van der Waals surface area contributed by atoms with Crippen LogP contribution in [-0.2, 0) is 41.8 Å². The zero-order chi connectivity index (χ0) is 55.1. The lowest BCUT2D eigenvalue weighted by atomic mass is 9.99. The molecule has 2 saturated heterocycles. The van der Waals surface area contributed by atoms with E-state index in [1.807, 2.05) is 76.8 Å². The van der Waals surface area contributed by atoms with Gasteiger partial charge in [-0.3, -0.25) is 19.6 Å². The van der Waals surface area contributed by atoms with E-state index < -0.39 is 12.2 Å². The van der Waals surface area contributed by atoms with E-state index in [1.165, 1.54) is 12.7 Å². The number of benzene rings is 3. The smallest absolute Gasteiger partial charge is 0.264 e. The maximum atomic E-state index is 13.2. The number of nitrogens with one attached hydrogen (secondary N) is 2. The van der Waals surface area contributed by atoms with Crippen molar-refractivity contribution in [2.75, 3.05) is 39.8 Å². The molecule has 0 radical (unpaired) electrons. The SMILES string of the molecule is CN[C@@H]1CCCN(C(=O)C2Cc3cc(Cl)cc(-c4ccnc5ccsc45)c3O2)C1.Clc1cc2c(c(-c3ccncc3)c1)OC(c1onc3c1CNCC3)C2.O=C(C1Cc2cc(Cl)cc(-c3ncnc4ccoc34)c2O1)N1CCCCC1. The van der Waals surface area contributed by atoms with E-state index in [4.69, 9.17) is 58.0 Å². The Morgan fingerprint density at radius 3 is 2.16 bits per heavy atom. The summed E-state index contributed by atoms with van der Waals surface area (Å²) in [5.74, 6) is 3.25. The molecule has 0 aliphatic carbocycles. The number of halogens is 3. The fourth-order valence-electron chi connectivity index (χ4n) is 11.9. The number of rotatable bonds is 7. The first kappa shape index (κ1) is 53.2. The molecular weight excluding hydrogens is 1110 g/mol. The minimum Gasteiger partial charge on any atom is -0.481 e. The first-order valence-electron chi connectivity index (χ1n) is 27.5. The van der Waals surface area contributed by atoms with Gasteiger partial charge in [0, 0.05) is 155 Å². The highest BCUT2D eigenvalue weighted by molar-refractivity contribution is 7.17. The number of carbonyl (C=O) groups is 2. The number of thiophene rings is 1. The Balaban J connectivity index is 0.000000115. The summed E-state index contributed by atoms with van der Waals surface area (Å²) in [5.41, 5.74) is 12.8. The second-order valence-electron chi connectivity index (χ2n) is 21.0. The lowest BCUT2D eigenvalue weighted by Crippen LogP contribution is -2.50. The lowest BCUT2D eigenvalue weighted by Gasteiger charge is -2.33. The molecule has 12 heterocycles. The van der Waals surface area contributed by atoms with Crippen LogP contribution in [0.15, 0.2) is 112 Å². The quantitative estimate of drug-likeness (QED) is 0.154. The number of ether oxygens (including phenoxy) is 3. The Morgan fingerprint density at radius 1 is 0.704 bits per heavy atom. The third kappa shape index (κ3) is 10.7. The van der Waals surface area contributed by atoms with Crippen molar-refractivity contribution in [2.24, 2.45) is 0 Å². The van der Waals surface area contributed by atoms with Gasteiger partial charge in [0.2, 0.25) is 0 Å². The van der Waals surface area contributed by atoms with E-state index in [1.54, 1.807) is 48.3 Å². The zero-order valence-electron chi connectivity index (χ0n) is 44.3. The number of aromatic nitrogens is 5. The highest BCUT2D eigenvalue weighted by Gasteiger charge is 2.39. The van der Waals surface area contributed by atoms with Crippen molar-refractivity contribution in [1.82, 2.24) is 45.5 Å². The summed E-state index contributed by atoms with van der Waals surface area (Å²) in [7, 11) is 1.95. The fraction of sp³-hybridized carbons (Fsp3) is 0.328. The summed E-state index contributed by atoms with van der Waals surface area (Å²) in [4.78, 5) is 47.0. The fourth-order valence-corrected chi connectivity index (χ4v) is 13.5. The summed E-state index contributed by atoms with van der Waals surface area (Å²) in [6.45, 7) is 4.86. The zero-order valence-corrected chi connectivity index (χ0v) is 47.3. The molecule has 6 aromatic heterocycles. The van der Waals surface area contributed by atoms with Crippen LogP contribution in [0.4, 0.5) is 0 Å². The number of amides is 2. The maximum Gasteiger partial charge on any atom is 0.264 e. The van der Waals surface area contributed by atoms with Crippen molar-refractivity contribution in [3.8, 4) is 50.8 Å². The van der Waals surface area contributed by atoms with Gasteiger partial charge in [0.05, 0.1) is 22.2 Å². The van der Waals surface area contributed by atoms with Crippen LogP contribution in [0.2, 0.25) is 15.1 Å². The second-order valence-corrected chi connectivity index (χ2v) is 23.3. The standard InChI is InChI=1S/C22H22ClN3O2S.C20H18ClN3O3.C19H16ClN3O2/c1-24-15-3-2-7-26(12-15)22(27)19-10-13-9-14(23)11-17(20(13)28-19)16-4-6-25-18-5-8-29-21(16)18;21-13-8-12-9-16(20(25)24-5-2-1-3-6-24)27-18(12)14(10-13)17-19-15(4-7-26-19)22-11-23-17;20-13-7-12-8-17(19-15-10-22-6-3-16(15)23-25-19)24-18(12)14(9-13)11-1-4-21-5-2-11/h4-6,8-9,11,15,19,24H,2-3,7,10,12H2,1H3;4,7-8,10-11,16H,1-3,5-6,9H2;1-2,4-5,7,9,17,22H,3,6,8,10H2/t15-,19?;;/m1../s1. The Kier molecular flexibility index (Phi) is 15.1. The van der Waals surface area contributed by atoms with Gasteiger partial charge in [-0.1, -0.05) is 40.0 Å². The molecule has 6 aliphatic heterocycles. The number of pyridine rings is 2. The molecule has 15 rings (SSSR count). The van der Waals surface area contributed by atoms with E-state index in [2.05, 4.69) is 35.7 Å². The van der Waals surface area contributed by atoms with Crippen LogP contribution in [0.25, 0.3) is 54.8 Å². The van der Waals surface area contributed by atoms with Crippen molar-refractivity contribution in [3.05, 3.63) is 152 Å². The van der Waals surface area contributed by atoms with Crippen molar-refractivity contribution in [1.29, 1.82) is 0 Å². The van der Waals surface area contributed by atoms with Crippen LogP contribution in [-0.4, -0.2) is 105 Å². The molecule has 3 aromatic carbocycles. The van der Waals surface area contributed by atoms with E-state index in [0.29, 0.717) is 56.5 Å². The van der Waals surface area contributed by atoms with Crippen LogP contribution in [0, 0.1) is 0 Å². The normalized spacial score (nSPS) is 19.7. The minimum atomic E-state index is -0.510. The van der Waals surface area contributed by atoms with Gasteiger partial charge >= 0.3 is 0 Å². The third-order valence-electron chi connectivity index (χ3n) is 15.9. The average Bonchev–Trinajstić information content (AvgIpc) is 4.42. The molecule has 2 fully saturated rings. The van der Waals surface area contributed by atoms with Gasteiger partial charge in [0.1, 0.15) is 34.8 Å². The monoisotopic (exact) mass is 1160 g/mol. The van der Waals surface area contributed by atoms with E-state index in [-0.39, 0.29) is 17.9 Å². The van der Waals surface area contributed by atoms with Crippen LogP contribution < -0.4 is 24.8 Å². The lowest BCUT2D eigenvalue weighted by molar-refractivity contribution is -0.139. The molecule has 9 aromatic rings. The highest BCUT2D eigenvalue weighted by Crippen LogP contribution is 2.48. The Bertz CT molecular complexity index is 3830.